The monoisotopic (exact) mass is 374 g/mol. The first-order valence-electron chi connectivity index (χ1n) is 7.38. The Labute approximate surface area is 152 Å². The second-order valence-electron chi connectivity index (χ2n) is 5.20. The minimum Gasteiger partial charge on any atom is -0.284 e. The molecular formula is C16H14N4O3S2. The van der Waals surface area contributed by atoms with Crippen LogP contribution in [-0.2, 0) is 11.3 Å². The smallest absolute Gasteiger partial charge is 0.274 e. The van der Waals surface area contributed by atoms with Gasteiger partial charge in [0.05, 0.1) is 27.8 Å². The van der Waals surface area contributed by atoms with Crippen LogP contribution >= 0.6 is 23.1 Å². The molecule has 128 valence electrons. The molecule has 1 fully saturated rings. The lowest BCUT2D eigenvalue weighted by molar-refractivity contribution is -0.385. The van der Waals surface area contributed by atoms with E-state index in [1.54, 1.807) is 29.5 Å². The molecule has 25 heavy (non-hydrogen) atoms. The zero-order valence-corrected chi connectivity index (χ0v) is 14.9. The molecule has 0 atom stereocenters. The highest BCUT2D eigenvalue weighted by molar-refractivity contribution is 8.15. The molecule has 7 nitrogen and oxygen atoms in total. The highest BCUT2D eigenvalue weighted by Crippen LogP contribution is 2.26. The summed E-state index contributed by atoms with van der Waals surface area (Å²) in [6, 6.07) is 10.3. The van der Waals surface area contributed by atoms with E-state index in [0.29, 0.717) is 10.7 Å². The summed E-state index contributed by atoms with van der Waals surface area (Å²) in [5, 5.41) is 22.0. The molecule has 2 aromatic rings. The number of nitro benzene ring substituents is 1. The molecule has 1 aliphatic rings. The number of amides is 1. The van der Waals surface area contributed by atoms with Crippen LogP contribution in [0.4, 0.5) is 5.69 Å². The van der Waals surface area contributed by atoms with Crippen LogP contribution in [0.5, 0.6) is 0 Å². The topological polar surface area (TPSA) is 88.2 Å². The van der Waals surface area contributed by atoms with Gasteiger partial charge in [-0.25, -0.2) is 0 Å². The summed E-state index contributed by atoms with van der Waals surface area (Å²) in [5.41, 5.74) is 1.22. The number of nitrogens with zero attached hydrogens (tertiary/aromatic N) is 4. The Morgan fingerprint density at radius 2 is 2.12 bits per heavy atom. The number of hydrogen-bond donors (Lipinski definition) is 0. The molecule has 1 amide bonds. The van der Waals surface area contributed by atoms with E-state index < -0.39 is 4.92 Å². The van der Waals surface area contributed by atoms with Crippen molar-refractivity contribution in [1.82, 2.24) is 4.90 Å². The van der Waals surface area contributed by atoms with Gasteiger partial charge in [0.15, 0.2) is 5.17 Å². The van der Waals surface area contributed by atoms with E-state index in [9.17, 15) is 14.9 Å². The largest absolute Gasteiger partial charge is 0.284 e. The third-order valence-corrected chi connectivity index (χ3v) is 5.47. The summed E-state index contributed by atoms with van der Waals surface area (Å²) in [6.45, 7) is 1.96. The number of rotatable bonds is 5. The second-order valence-corrected chi connectivity index (χ2v) is 7.09. The van der Waals surface area contributed by atoms with Gasteiger partial charge in [0, 0.05) is 11.6 Å². The Kier molecular flexibility index (Phi) is 5.25. The highest BCUT2D eigenvalue weighted by atomic mass is 32.2. The average molecular weight is 374 g/mol. The van der Waals surface area contributed by atoms with Crippen molar-refractivity contribution in [3.8, 4) is 0 Å². The molecule has 0 saturated carbocycles. The van der Waals surface area contributed by atoms with Crippen LogP contribution < -0.4 is 0 Å². The second kappa shape index (κ2) is 7.58. The van der Waals surface area contributed by atoms with Crippen molar-refractivity contribution in [3.05, 3.63) is 62.3 Å². The van der Waals surface area contributed by atoms with Gasteiger partial charge in [-0.2, -0.15) is 5.10 Å². The number of thiophene rings is 1. The fourth-order valence-corrected chi connectivity index (χ4v) is 3.77. The average Bonchev–Trinajstić information content (AvgIpc) is 3.25. The molecule has 3 rings (SSSR count). The number of carbonyl (C=O) groups excluding carboxylic acids is 1. The summed E-state index contributed by atoms with van der Waals surface area (Å²) in [7, 11) is 0. The van der Waals surface area contributed by atoms with E-state index in [-0.39, 0.29) is 23.9 Å². The van der Waals surface area contributed by atoms with E-state index in [4.69, 9.17) is 0 Å². The predicted molar refractivity (Wildman–Crippen MR) is 100 cm³/mol. The van der Waals surface area contributed by atoms with Crippen LogP contribution in [0, 0.1) is 10.1 Å². The Hall–Kier alpha value is -2.52. The van der Waals surface area contributed by atoms with E-state index in [1.807, 2.05) is 24.4 Å². The molecular weight excluding hydrogens is 360 g/mol. The lowest BCUT2D eigenvalue weighted by atomic mass is 10.1. The number of para-hydroxylation sites is 1. The summed E-state index contributed by atoms with van der Waals surface area (Å²) < 4.78 is 0. The van der Waals surface area contributed by atoms with Gasteiger partial charge >= 0.3 is 0 Å². The van der Waals surface area contributed by atoms with Gasteiger partial charge in [0.1, 0.15) is 0 Å². The number of carbonyl (C=O) groups is 1. The molecule has 0 radical (unpaired) electrons. The molecule has 0 bridgehead atoms. The summed E-state index contributed by atoms with van der Waals surface area (Å²) >= 11 is 2.84. The number of thioether (sulfide) groups is 1. The van der Waals surface area contributed by atoms with Crippen molar-refractivity contribution < 1.29 is 9.72 Å². The van der Waals surface area contributed by atoms with Gasteiger partial charge in [-0.1, -0.05) is 36.0 Å². The molecule has 0 N–H and O–H groups in total. The van der Waals surface area contributed by atoms with Crippen LogP contribution in [0.1, 0.15) is 17.4 Å². The van der Waals surface area contributed by atoms with Gasteiger partial charge in [-0.15, -0.1) is 16.4 Å². The van der Waals surface area contributed by atoms with Crippen LogP contribution in [0.15, 0.2) is 52.0 Å². The van der Waals surface area contributed by atoms with Gasteiger partial charge in [0.2, 0.25) is 5.91 Å². The number of nitro groups is 1. The predicted octanol–water partition coefficient (Wildman–Crippen LogP) is 3.51. The maximum absolute atomic E-state index is 12.2. The summed E-state index contributed by atoms with van der Waals surface area (Å²) in [6.07, 6.45) is 0. The first-order chi connectivity index (χ1) is 12.1. The Balaban J connectivity index is 1.85. The number of amidine groups is 1. The summed E-state index contributed by atoms with van der Waals surface area (Å²) in [4.78, 5) is 25.3. The zero-order valence-electron chi connectivity index (χ0n) is 13.3. The van der Waals surface area contributed by atoms with Crippen LogP contribution in [0.3, 0.4) is 0 Å². The SMILES string of the molecule is C/C(=N/N=C1\SCC(=O)N1Cc1ccccc1[N+](=O)[O-])c1cccs1. The maximum atomic E-state index is 12.2. The first-order valence-corrected chi connectivity index (χ1v) is 9.24. The minimum absolute atomic E-state index is 0.00943. The van der Waals surface area contributed by atoms with Crippen molar-refractivity contribution in [1.29, 1.82) is 0 Å². The standard InChI is InChI=1S/C16H14N4O3S2/c1-11(14-7-4-8-24-14)17-18-16-19(15(21)10-25-16)9-12-5-2-3-6-13(12)20(22)23/h2-8H,9-10H2,1H3/b17-11-,18-16-. The van der Waals surface area contributed by atoms with Crippen molar-refractivity contribution in [2.75, 3.05) is 5.75 Å². The lowest BCUT2D eigenvalue weighted by Crippen LogP contribution is -2.29. The zero-order chi connectivity index (χ0) is 17.8. The fraction of sp³-hybridized carbons (Fsp3) is 0.188. The Morgan fingerprint density at radius 3 is 2.84 bits per heavy atom. The van der Waals surface area contributed by atoms with E-state index in [1.165, 1.54) is 22.7 Å². The Morgan fingerprint density at radius 1 is 1.32 bits per heavy atom. The molecule has 1 aromatic carbocycles. The molecule has 0 aliphatic carbocycles. The van der Waals surface area contributed by atoms with Crippen LogP contribution in [0.2, 0.25) is 0 Å². The van der Waals surface area contributed by atoms with Crippen molar-refractivity contribution in [2.24, 2.45) is 10.2 Å². The van der Waals surface area contributed by atoms with Gasteiger partial charge in [-0.3, -0.25) is 19.8 Å². The van der Waals surface area contributed by atoms with Crippen LogP contribution in [0.25, 0.3) is 0 Å². The normalized spacial score (nSPS) is 16.7. The third-order valence-electron chi connectivity index (χ3n) is 3.54. The highest BCUT2D eigenvalue weighted by Gasteiger charge is 2.30. The number of hydrogen-bond acceptors (Lipinski definition) is 7. The molecule has 0 spiro atoms. The minimum atomic E-state index is -0.446. The van der Waals surface area contributed by atoms with E-state index in [0.717, 1.165) is 10.6 Å². The Bertz CT molecular complexity index is 862. The van der Waals surface area contributed by atoms with E-state index in [2.05, 4.69) is 10.2 Å². The maximum Gasteiger partial charge on any atom is 0.274 e. The van der Waals surface area contributed by atoms with Crippen molar-refractivity contribution in [3.63, 3.8) is 0 Å². The van der Waals surface area contributed by atoms with Crippen molar-refractivity contribution >= 4 is 45.6 Å². The first kappa shape index (κ1) is 17.3. The molecule has 2 heterocycles. The van der Waals surface area contributed by atoms with Crippen molar-refractivity contribution in [2.45, 2.75) is 13.5 Å². The van der Waals surface area contributed by atoms with Gasteiger partial charge in [0.25, 0.3) is 5.69 Å². The molecule has 1 saturated heterocycles. The molecule has 1 aliphatic heterocycles. The molecule has 9 heteroatoms. The quantitative estimate of drug-likeness (QED) is 0.455. The van der Waals surface area contributed by atoms with Gasteiger partial charge in [-0.05, 0) is 18.4 Å². The van der Waals surface area contributed by atoms with Gasteiger partial charge < -0.3 is 0 Å². The third kappa shape index (κ3) is 3.94. The summed E-state index contributed by atoms with van der Waals surface area (Å²) in [5.74, 6) is 0.124. The van der Waals surface area contributed by atoms with Crippen LogP contribution in [-0.4, -0.2) is 32.4 Å². The molecule has 1 aromatic heterocycles. The fourth-order valence-electron chi connectivity index (χ4n) is 2.27. The number of benzene rings is 1. The lowest BCUT2D eigenvalue weighted by Gasteiger charge is -2.15. The molecule has 0 unspecified atom stereocenters. The van der Waals surface area contributed by atoms with E-state index >= 15 is 0 Å².